The molecule has 9 heteroatoms. The Hall–Kier alpha value is -2.39. The Morgan fingerprint density at radius 1 is 1.46 bits per heavy atom. The van der Waals surface area contributed by atoms with Gasteiger partial charge >= 0.3 is 0 Å². The second kappa shape index (κ2) is 7.88. The van der Waals surface area contributed by atoms with Crippen LogP contribution in [0.2, 0.25) is 0 Å². The minimum absolute atomic E-state index is 0.0623. The van der Waals surface area contributed by atoms with Gasteiger partial charge in [0.15, 0.2) is 0 Å². The number of rotatable bonds is 6. The van der Waals surface area contributed by atoms with Crippen molar-refractivity contribution in [1.82, 2.24) is 20.3 Å². The number of carbonyl (C=O) groups excluding carboxylic acids is 1. The summed E-state index contributed by atoms with van der Waals surface area (Å²) in [6, 6.07) is 1.50. The number of nitrogens with two attached hydrogens (primary N) is 1. The molecule has 3 rings (SSSR count). The fourth-order valence-corrected chi connectivity index (χ4v) is 3.03. The monoisotopic (exact) mass is 363 g/mol. The van der Waals surface area contributed by atoms with E-state index in [4.69, 9.17) is 19.7 Å². The fourth-order valence-electron chi connectivity index (χ4n) is 3.03. The van der Waals surface area contributed by atoms with E-state index in [9.17, 15) is 4.79 Å². The van der Waals surface area contributed by atoms with Gasteiger partial charge < -0.3 is 25.0 Å². The Kier molecular flexibility index (Phi) is 5.58. The minimum atomic E-state index is -0.227. The summed E-state index contributed by atoms with van der Waals surface area (Å²) in [5.41, 5.74) is 8.38. The zero-order chi connectivity index (χ0) is 18.7. The third-order valence-corrected chi connectivity index (χ3v) is 4.49. The molecule has 2 aromatic rings. The number of amides is 1. The molecule has 9 nitrogen and oxygen atoms in total. The van der Waals surface area contributed by atoms with Crippen molar-refractivity contribution in [2.45, 2.75) is 52.5 Å². The standard InChI is InChI=1S/C17H25N5O4/c1-10-6-16(18)22(20-10)7-17(23)19-14-9-24-5-4-15(14)25-8-13-11(2)21-26-12(13)3/h6,14-15H,4-5,7-9,18H2,1-3H3,(H,19,23)/t14-,15+/m1/s1. The molecule has 142 valence electrons. The van der Waals surface area contributed by atoms with Gasteiger partial charge in [-0.2, -0.15) is 5.10 Å². The van der Waals surface area contributed by atoms with E-state index in [1.165, 1.54) is 4.68 Å². The second-order valence-electron chi connectivity index (χ2n) is 6.56. The number of aryl methyl sites for hydroxylation is 3. The highest BCUT2D eigenvalue weighted by molar-refractivity contribution is 5.76. The molecular weight excluding hydrogens is 338 g/mol. The van der Waals surface area contributed by atoms with E-state index in [2.05, 4.69) is 15.6 Å². The van der Waals surface area contributed by atoms with Crippen molar-refractivity contribution in [2.24, 2.45) is 0 Å². The van der Waals surface area contributed by atoms with Crippen molar-refractivity contribution >= 4 is 11.7 Å². The van der Waals surface area contributed by atoms with Crippen LogP contribution < -0.4 is 11.1 Å². The summed E-state index contributed by atoms with van der Waals surface area (Å²) in [6.07, 6.45) is 0.565. The molecule has 1 aliphatic heterocycles. The first kappa shape index (κ1) is 18.4. The average Bonchev–Trinajstić information content (AvgIpc) is 3.08. The van der Waals surface area contributed by atoms with Crippen LogP contribution in [0.4, 0.5) is 5.82 Å². The van der Waals surface area contributed by atoms with E-state index < -0.39 is 0 Å². The van der Waals surface area contributed by atoms with Crippen molar-refractivity contribution in [3.8, 4) is 0 Å². The SMILES string of the molecule is Cc1cc(N)n(CC(=O)N[C@@H]2COCC[C@@H]2OCc2c(C)noc2C)n1. The number of aromatic nitrogens is 3. The summed E-state index contributed by atoms with van der Waals surface area (Å²) in [7, 11) is 0. The van der Waals surface area contributed by atoms with E-state index in [0.717, 1.165) is 22.7 Å². The van der Waals surface area contributed by atoms with Gasteiger partial charge in [0.05, 0.1) is 36.7 Å². The summed E-state index contributed by atoms with van der Waals surface area (Å²) in [6.45, 7) is 7.04. The van der Waals surface area contributed by atoms with Crippen LogP contribution in [0.3, 0.4) is 0 Å². The van der Waals surface area contributed by atoms with Crippen molar-refractivity contribution < 1.29 is 18.8 Å². The topological polar surface area (TPSA) is 117 Å². The van der Waals surface area contributed by atoms with Crippen molar-refractivity contribution in [1.29, 1.82) is 0 Å². The molecule has 3 N–H and O–H groups in total. The molecule has 2 aromatic heterocycles. The molecule has 0 unspecified atom stereocenters. The summed E-state index contributed by atoms with van der Waals surface area (Å²) in [5.74, 6) is 1.03. The largest absolute Gasteiger partial charge is 0.384 e. The van der Waals surface area contributed by atoms with Gasteiger partial charge in [0.25, 0.3) is 0 Å². The maximum Gasteiger partial charge on any atom is 0.242 e. The van der Waals surface area contributed by atoms with Gasteiger partial charge in [0.1, 0.15) is 18.1 Å². The van der Waals surface area contributed by atoms with Crippen LogP contribution in [0.1, 0.15) is 29.1 Å². The Balaban J connectivity index is 1.58. The Morgan fingerprint density at radius 2 is 2.27 bits per heavy atom. The molecule has 0 spiro atoms. The number of hydrogen-bond donors (Lipinski definition) is 2. The van der Waals surface area contributed by atoms with Crippen LogP contribution >= 0.6 is 0 Å². The summed E-state index contributed by atoms with van der Waals surface area (Å²) < 4.78 is 18.2. The maximum absolute atomic E-state index is 12.4. The number of ether oxygens (including phenoxy) is 2. The van der Waals surface area contributed by atoms with Gasteiger partial charge in [-0.25, -0.2) is 4.68 Å². The van der Waals surface area contributed by atoms with E-state index in [1.807, 2.05) is 20.8 Å². The minimum Gasteiger partial charge on any atom is -0.384 e. The maximum atomic E-state index is 12.4. The van der Waals surface area contributed by atoms with E-state index >= 15 is 0 Å². The third-order valence-electron chi connectivity index (χ3n) is 4.49. The molecule has 0 aromatic carbocycles. The van der Waals surface area contributed by atoms with E-state index in [0.29, 0.717) is 32.1 Å². The summed E-state index contributed by atoms with van der Waals surface area (Å²) >= 11 is 0. The normalized spacial score (nSPS) is 20.3. The number of hydrogen-bond acceptors (Lipinski definition) is 7. The van der Waals surface area contributed by atoms with Gasteiger partial charge in [-0.05, 0) is 27.2 Å². The lowest BCUT2D eigenvalue weighted by atomic mass is 10.1. The van der Waals surface area contributed by atoms with Crippen LogP contribution in [-0.4, -0.2) is 46.2 Å². The van der Waals surface area contributed by atoms with E-state index in [-0.39, 0.29) is 24.6 Å². The molecule has 26 heavy (non-hydrogen) atoms. The number of nitrogens with zero attached hydrogens (tertiary/aromatic N) is 3. The average molecular weight is 363 g/mol. The van der Waals surface area contributed by atoms with Crippen molar-refractivity contribution in [3.05, 3.63) is 28.8 Å². The zero-order valence-electron chi connectivity index (χ0n) is 15.3. The second-order valence-corrected chi connectivity index (χ2v) is 6.56. The Labute approximate surface area is 151 Å². The van der Waals surface area contributed by atoms with Crippen LogP contribution in [0.25, 0.3) is 0 Å². The van der Waals surface area contributed by atoms with Gasteiger partial charge in [0, 0.05) is 18.2 Å². The molecule has 1 saturated heterocycles. The summed E-state index contributed by atoms with van der Waals surface area (Å²) in [5, 5.41) is 11.1. The lowest BCUT2D eigenvalue weighted by Crippen LogP contribution is -2.51. The molecule has 1 aliphatic rings. The van der Waals surface area contributed by atoms with Gasteiger partial charge in [0.2, 0.25) is 5.91 Å². The smallest absolute Gasteiger partial charge is 0.242 e. The molecule has 0 aliphatic carbocycles. The van der Waals surface area contributed by atoms with E-state index in [1.54, 1.807) is 6.07 Å². The Bertz CT molecular complexity index is 750. The molecule has 1 fully saturated rings. The van der Waals surface area contributed by atoms with Crippen LogP contribution in [0, 0.1) is 20.8 Å². The molecule has 2 atom stereocenters. The summed E-state index contributed by atoms with van der Waals surface area (Å²) in [4.78, 5) is 12.4. The van der Waals surface area contributed by atoms with Crippen LogP contribution in [0.5, 0.6) is 0 Å². The lowest BCUT2D eigenvalue weighted by Gasteiger charge is -2.32. The lowest BCUT2D eigenvalue weighted by molar-refractivity contribution is -0.127. The Morgan fingerprint density at radius 3 is 2.92 bits per heavy atom. The van der Waals surface area contributed by atoms with Gasteiger partial charge in [-0.1, -0.05) is 5.16 Å². The highest BCUT2D eigenvalue weighted by Gasteiger charge is 2.29. The molecule has 1 amide bonds. The quantitative estimate of drug-likeness (QED) is 0.782. The molecule has 3 heterocycles. The first-order valence-electron chi connectivity index (χ1n) is 8.64. The fraction of sp³-hybridized carbons (Fsp3) is 0.588. The molecule has 0 bridgehead atoms. The first-order chi connectivity index (χ1) is 12.4. The molecule has 0 saturated carbocycles. The number of anilines is 1. The number of nitrogen functional groups attached to an aromatic ring is 1. The van der Waals surface area contributed by atoms with Crippen molar-refractivity contribution in [2.75, 3.05) is 18.9 Å². The zero-order valence-corrected chi connectivity index (χ0v) is 15.3. The van der Waals surface area contributed by atoms with Crippen LogP contribution in [-0.2, 0) is 27.4 Å². The predicted octanol–water partition coefficient (Wildman–Crippen LogP) is 0.869. The van der Waals surface area contributed by atoms with Gasteiger partial charge in [-0.15, -0.1) is 0 Å². The van der Waals surface area contributed by atoms with Gasteiger partial charge in [-0.3, -0.25) is 4.79 Å². The highest BCUT2D eigenvalue weighted by atomic mass is 16.5. The highest BCUT2D eigenvalue weighted by Crippen LogP contribution is 2.18. The molecule has 0 radical (unpaired) electrons. The number of carbonyl (C=O) groups is 1. The predicted molar refractivity (Wildman–Crippen MR) is 93.3 cm³/mol. The molecular formula is C17H25N5O4. The third kappa shape index (κ3) is 4.23. The number of nitrogens with one attached hydrogen (secondary N) is 1. The van der Waals surface area contributed by atoms with Crippen molar-refractivity contribution in [3.63, 3.8) is 0 Å². The van der Waals surface area contributed by atoms with Crippen LogP contribution in [0.15, 0.2) is 10.6 Å². The first-order valence-corrected chi connectivity index (χ1v) is 8.64.